The molecule has 34 heavy (non-hydrogen) atoms. The van der Waals surface area contributed by atoms with Gasteiger partial charge in [-0.25, -0.2) is 0 Å². The molecule has 0 atom stereocenters. The smallest absolute Gasteiger partial charge is 0.258 e. The van der Waals surface area contributed by atoms with Gasteiger partial charge in [-0.2, -0.15) is 0 Å². The number of para-hydroxylation sites is 2. The first-order chi connectivity index (χ1) is 16.2. The van der Waals surface area contributed by atoms with Crippen LogP contribution < -0.4 is 0 Å². The van der Waals surface area contributed by atoms with Crippen LogP contribution in [-0.4, -0.2) is 19.7 Å². The van der Waals surface area contributed by atoms with Crippen LogP contribution in [0, 0.1) is 40.5 Å². The molecule has 3 aromatic rings. The predicted octanol–water partition coefficient (Wildman–Crippen LogP) is 5.66. The Kier molecular flexibility index (Phi) is 6.82. The maximum atomic E-state index is 11.5. The van der Waals surface area contributed by atoms with Gasteiger partial charge in [0.25, 0.3) is 22.7 Å². The molecule has 0 heterocycles. The van der Waals surface area contributed by atoms with Gasteiger partial charge in [0.2, 0.25) is 0 Å². The number of benzene rings is 3. The number of nitrogens with zero attached hydrogens (tertiary/aromatic N) is 4. The molecule has 0 spiro atoms. The molecule has 0 bridgehead atoms. The van der Waals surface area contributed by atoms with E-state index in [-0.39, 0.29) is 33.6 Å². The van der Waals surface area contributed by atoms with E-state index < -0.39 is 31.1 Å². The van der Waals surface area contributed by atoms with Crippen LogP contribution in [0.5, 0.6) is 0 Å². The van der Waals surface area contributed by atoms with E-state index in [9.17, 15) is 40.5 Å². The molecule has 0 aliphatic heterocycles. The largest absolute Gasteiger partial charge is 0.283 e. The third-order valence-corrected chi connectivity index (χ3v) is 4.72. The van der Waals surface area contributed by atoms with Crippen molar-refractivity contribution in [2.75, 3.05) is 0 Å². The summed E-state index contributed by atoms with van der Waals surface area (Å²) in [5, 5.41) is 45.5. The molecular formula is C22H14N4O8. The van der Waals surface area contributed by atoms with Crippen molar-refractivity contribution >= 4 is 47.1 Å². The Labute approximate surface area is 190 Å². The topological polar surface area (TPSA) is 173 Å². The summed E-state index contributed by atoms with van der Waals surface area (Å²) in [6.07, 6.45) is 5.07. The quantitative estimate of drug-likeness (QED) is 0.234. The first-order valence-corrected chi connectivity index (χ1v) is 9.49. The Morgan fingerprint density at radius 2 is 0.765 bits per heavy atom. The van der Waals surface area contributed by atoms with Crippen LogP contribution in [0.3, 0.4) is 0 Å². The Morgan fingerprint density at radius 3 is 1.12 bits per heavy atom. The van der Waals surface area contributed by atoms with Crippen molar-refractivity contribution in [3.05, 3.63) is 123 Å². The summed E-state index contributed by atoms with van der Waals surface area (Å²) < 4.78 is 0. The Morgan fingerprint density at radius 1 is 0.441 bits per heavy atom. The van der Waals surface area contributed by atoms with Crippen LogP contribution in [0.25, 0.3) is 24.3 Å². The van der Waals surface area contributed by atoms with Gasteiger partial charge in [-0.05, 0) is 42.5 Å². The standard InChI is InChI=1S/C22H14N4O8/c27-23(28)19-7-3-1-5-15(19)9-11-17-13-18(22(26(33)34)14-21(17)25(31)32)12-10-16-6-2-4-8-20(16)24(29)30/h1-14H/b11-9+,12-10?. The average Bonchev–Trinajstić information content (AvgIpc) is 2.81. The van der Waals surface area contributed by atoms with Gasteiger partial charge in [-0.1, -0.05) is 24.3 Å². The summed E-state index contributed by atoms with van der Waals surface area (Å²) in [4.78, 5) is 42.7. The fourth-order valence-corrected chi connectivity index (χ4v) is 3.14. The van der Waals surface area contributed by atoms with Crippen molar-refractivity contribution in [1.29, 1.82) is 0 Å². The highest BCUT2D eigenvalue weighted by Crippen LogP contribution is 2.33. The fraction of sp³-hybridized carbons (Fsp3) is 0. The van der Waals surface area contributed by atoms with Crippen molar-refractivity contribution < 1.29 is 19.7 Å². The van der Waals surface area contributed by atoms with Crippen LogP contribution in [0.2, 0.25) is 0 Å². The predicted molar refractivity (Wildman–Crippen MR) is 124 cm³/mol. The molecular weight excluding hydrogens is 448 g/mol. The third kappa shape index (κ3) is 5.13. The summed E-state index contributed by atoms with van der Waals surface area (Å²) in [7, 11) is 0. The second-order valence-electron chi connectivity index (χ2n) is 6.78. The lowest BCUT2D eigenvalue weighted by atomic mass is 10.0. The Bertz CT molecular complexity index is 1280. The molecule has 0 N–H and O–H groups in total. The molecule has 0 aliphatic rings. The lowest BCUT2D eigenvalue weighted by Gasteiger charge is -2.03. The lowest BCUT2D eigenvalue weighted by Crippen LogP contribution is -1.98. The molecule has 12 nitrogen and oxygen atoms in total. The zero-order valence-electron chi connectivity index (χ0n) is 17.1. The molecule has 0 aliphatic carbocycles. The van der Waals surface area contributed by atoms with Crippen LogP contribution >= 0.6 is 0 Å². The number of nitro benzene ring substituents is 4. The molecule has 0 radical (unpaired) electrons. The van der Waals surface area contributed by atoms with E-state index in [0.29, 0.717) is 0 Å². The second kappa shape index (κ2) is 9.91. The van der Waals surface area contributed by atoms with E-state index in [1.54, 1.807) is 12.1 Å². The molecule has 0 fully saturated rings. The van der Waals surface area contributed by atoms with E-state index in [1.807, 2.05) is 0 Å². The highest BCUT2D eigenvalue weighted by molar-refractivity contribution is 5.83. The average molecular weight is 462 g/mol. The van der Waals surface area contributed by atoms with E-state index >= 15 is 0 Å². The van der Waals surface area contributed by atoms with Crippen molar-refractivity contribution in [3.8, 4) is 0 Å². The van der Waals surface area contributed by atoms with E-state index in [2.05, 4.69) is 0 Å². The van der Waals surface area contributed by atoms with Gasteiger partial charge >= 0.3 is 0 Å². The van der Waals surface area contributed by atoms with Gasteiger partial charge < -0.3 is 0 Å². The van der Waals surface area contributed by atoms with Gasteiger partial charge in [0.1, 0.15) is 0 Å². The maximum Gasteiger partial charge on any atom is 0.283 e. The van der Waals surface area contributed by atoms with Crippen molar-refractivity contribution in [3.63, 3.8) is 0 Å². The van der Waals surface area contributed by atoms with Crippen LogP contribution in [0.1, 0.15) is 22.3 Å². The van der Waals surface area contributed by atoms with Gasteiger partial charge in [-0.3, -0.25) is 40.5 Å². The molecule has 0 saturated carbocycles. The zero-order chi connectivity index (χ0) is 24.8. The van der Waals surface area contributed by atoms with Gasteiger partial charge in [0.15, 0.2) is 0 Å². The van der Waals surface area contributed by atoms with Crippen LogP contribution in [-0.2, 0) is 0 Å². The van der Waals surface area contributed by atoms with Gasteiger partial charge in [0, 0.05) is 12.1 Å². The van der Waals surface area contributed by atoms with Gasteiger partial charge in [-0.15, -0.1) is 0 Å². The molecule has 3 rings (SSSR count). The second-order valence-corrected chi connectivity index (χ2v) is 6.78. The summed E-state index contributed by atoms with van der Waals surface area (Å²) in [5.41, 5.74) is -1.34. The third-order valence-electron chi connectivity index (χ3n) is 4.72. The molecule has 0 amide bonds. The van der Waals surface area contributed by atoms with Crippen molar-refractivity contribution in [2.24, 2.45) is 0 Å². The van der Waals surface area contributed by atoms with Gasteiger partial charge in [0.05, 0.1) is 48.0 Å². The highest BCUT2D eigenvalue weighted by atomic mass is 16.6. The number of nitro groups is 4. The summed E-state index contributed by atoms with van der Waals surface area (Å²) in [5.74, 6) is 0. The number of hydrogen-bond donors (Lipinski definition) is 0. The maximum absolute atomic E-state index is 11.5. The normalized spacial score (nSPS) is 11.1. The summed E-state index contributed by atoms with van der Waals surface area (Å²) >= 11 is 0. The number of hydrogen-bond acceptors (Lipinski definition) is 8. The summed E-state index contributed by atoms with van der Waals surface area (Å²) in [6, 6.07) is 13.4. The van der Waals surface area contributed by atoms with Crippen LogP contribution in [0.15, 0.2) is 60.7 Å². The molecule has 12 heteroatoms. The molecule has 170 valence electrons. The molecule has 0 aromatic heterocycles. The Hall–Kier alpha value is -5.26. The highest BCUT2D eigenvalue weighted by Gasteiger charge is 2.23. The SMILES string of the molecule is O=[N+]([O-])c1ccccc1C=Cc1cc(/C=C/c2ccccc2[N+](=O)[O-])c([N+](=O)[O-])cc1[N+](=O)[O-]. The summed E-state index contributed by atoms with van der Waals surface area (Å²) in [6.45, 7) is 0. The minimum atomic E-state index is -0.804. The van der Waals surface area contributed by atoms with Crippen molar-refractivity contribution in [1.82, 2.24) is 0 Å². The van der Waals surface area contributed by atoms with Crippen molar-refractivity contribution in [2.45, 2.75) is 0 Å². The zero-order valence-corrected chi connectivity index (χ0v) is 17.1. The fourth-order valence-electron chi connectivity index (χ4n) is 3.14. The minimum absolute atomic E-state index is 0.0454. The van der Waals surface area contributed by atoms with E-state index in [4.69, 9.17) is 0 Å². The minimum Gasteiger partial charge on any atom is -0.258 e. The molecule has 3 aromatic carbocycles. The van der Waals surface area contributed by atoms with E-state index in [1.165, 1.54) is 66.8 Å². The number of rotatable bonds is 8. The Balaban J connectivity index is 2.14. The lowest BCUT2D eigenvalue weighted by molar-refractivity contribution is -0.394. The molecule has 0 unspecified atom stereocenters. The first kappa shape index (κ1) is 23.4. The molecule has 0 saturated heterocycles. The monoisotopic (exact) mass is 462 g/mol. The first-order valence-electron chi connectivity index (χ1n) is 9.49. The van der Waals surface area contributed by atoms with E-state index in [0.717, 1.165) is 6.07 Å². The van der Waals surface area contributed by atoms with Crippen LogP contribution in [0.4, 0.5) is 22.7 Å².